The van der Waals surface area contributed by atoms with Crippen LogP contribution in [-0.2, 0) is 18.3 Å². The smallest absolute Gasteiger partial charge is 0.349 e. The van der Waals surface area contributed by atoms with Crippen LogP contribution < -0.4 is 0 Å². The average molecular weight is 344 g/mol. The Morgan fingerprint density at radius 3 is 3.09 bits per heavy atom. The normalized spacial score (nSPS) is 34.9. The van der Waals surface area contributed by atoms with Gasteiger partial charge in [0.1, 0.15) is 35.3 Å². The van der Waals surface area contributed by atoms with Crippen LogP contribution >= 0.6 is 19.6 Å². The summed E-state index contributed by atoms with van der Waals surface area (Å²) in [6.45, 7) is 0.0343. The predicted octanol–water partition coefficient (Wildman–Crippen LogP) is 1.35. The first kappa shape index (κ1) is 14.6. The van der Waals surface area contributed by atoms with Gasteiger partial charge in [-0.1, -0.05) is 0 Å². The van der Waals surface area contributed by atoms with E-state index in [2.05, 4.69) is 15.0 Å². The molecule has 0 saturated carbocycles. The molecule has 0 radical (unpaired) electrons. The first-order valence-electron chi connectivity index (χ1n) is 6.60. The van der Waals surface area contributed by atoms with Crippen LogP contribution in [0.5, 0.6) is 0 Å². The SMILES string of the molecule is CSc1ncnc2c1ncn2[C@H]1C[C@@H]2OP(=O)(O)OC[C@H]2O1. The van der Waals surface area contributed by atoms with Gasteiger partial charge in [0.05, 0.1) is 12.9 Å². The Kier molecular flexibility index (Phi) is 3.48. The number of fused-ring (bicyclic) bond motifs is 2. The Morgan fingerprint density at radius 1 is 1.41 bits per heavy atom. The first-order chi connectivity index (χ1) is 10.6. The largest absolute Gasteiger partial charge is 0.472 e. The summed E-state index contributed by atoms with van der Waals surface area (Å²) in [7, 11) is -3.95. The Bertz CT molecular complexity index is 770. The van der Waals surface area contributed by atoms with E-state index in [0.717, 1.165) is 5.03 Å². The fraction of sp³-hybridized carbons (Fsp3) is 0.545. The van der Waals surface area contributed by atoms with E-state index >= 15 is 0 Å². The Hall–Kier alpha value is -1.03. The average Bonchev–Trinajstić information content (AvgIpc) is 3.08. The molecular formula is C11H13N4O5PS. The lowest BCUT2D eigenvalue weighted by Crippen LogP contribution is -2.32. The monoisotopic (exact) mass is 344 g/mol. The number of thioether (sulfide) groups is 1. The van der Waals surface area contributed by atoms with Gasteiger partial charge in [0.25, 0.3) is 0 Å². The van der Waals surface area contributed by atoms with Gasteiger partial charge in [0, 0.05) is 6.42 Å². The highest BCUT2D eigenvalue weighted by molar-refractivity contribution is 7.98. The van der Waals surface area contributed by atoms with Gasteiger partial charge in [-0.05, 0) is 6.26 Å². The van der Waals surface area contributed by atoms with Crippen molar-refractivity contribution in [2.45, 2.75) is 29.9 Å². The number of imidazole rings is 1. The molecule has 0 aromatic carbocycles. The summed E-state index contributed by atoms with van der Waals surface area (Å²) in [5.41, 5.74) is 1.37. The number of ether oxygens (including phenoxy) is 1. The summed E-state index contributed by atoms with van der Waals surface area (Å²) in [4.78, 5) is 22.2. The zero-order valence-electron chi connectivity index (χ0n) is 11.5. The third-order valence-corrected chi connectivity index (χ3v) is 5.38. The lowest BCUT2D eigenvalue weighted by molar-refractivity contribution is -0.0662. The molecule has 11 heteroatoms. The van der Waals surface area contributed by atoms with Crippen molar-refractivity contribution in [3.05, 3.63) is 12.7 Å². The second kappa shape index (κ2) is 5.26. The maximum absolute atomic E-state index is 11.5. The van der Waals surface area contributed by atoms with Crippen molar-refractivity contribution in [1.29, 1.82) is 0 Å². The molecule has 9 nitrogen and oxygen atoms in total. The minimum atomic E-state index is -3.95. The van der Waals surface area contributed by atoms with Crippen molar-refractivity contribution in [2.24, 2.45) is 0 Å². The second-order valence-corrected chi connectivity index (χ2v) is 7.18. The summed E-state index contributed by atoms with van der Waals surface area (Å²) in [5, 5.41) is 0.790. The molecule has 1 unspecified atom stereocenters. The van der Waals surface area contributed by atoms with Crippen LogP contribution in [0.15, 0.2) is 17.7 Å². The number of phosphoric ester groups is 1. The molecule has 2 aliphatic rings. The Morgan fingerprint density at radius 2 is 2.27 bits per heavy atom. The lowest BCUT2D eigenvalue weighted by Gasteiger charge is -2.26. The van der Waals surface area contributed by atoms with E-state index in [9.17, 15) is 9.46 Å². The minimum Gasteiger partial charge on any atom is -0.349 e. The molecule has 4 rings (SSSR count). The molecule has 118 valence electrons. The van der Waals surface area contributed by atoms with Gasteiger partial charge in [-0.3, -0.25) is 13.6 Å². The van der Waals surface area contributed by atoms with Gasteiger partial charge in [-0.25, -0.2) is 19.5 Å². The quantitative estimate of drug-likeness (QED) is 0.490. The molecule has 2 fully saturated rings. The topological polar surface area (TPSA) is 109 Å². The van der Waals surface area contributed by atoms with Crippen LogP contribution in [0.1, 0.15) is 12.6 Å². The van der Waals surface area contributed by atoms with Crippen molar-refractivity contribution in [1.82, 2.24) is 19.5 Å². The summed E-state index contributed by atoms with van der Waals surface area (Å²) in [6, 6.07) is 0. The summed E-state index contributed by atoms with van der Waals surface area (Å²) in [5.74, 6) is 0. The van der Waals surface area contributed by atoms with E-state index in [1.807, 2.05) is 6.26 Å². The molecule has 2 aliphatic heterocycles. The van der Waals surface area contributed by atoms with E-state index in [4.69, 9.17) is 13.8 Å². The summed E-state index contributed by atoms with van der Waals surface area (Å²) in [6.07, 6.45) is 4.25. The summed E-state index contributed by atoms with van der Waals surface area (Å²) >= 11 is 1.49. The van der Waals surface area contributed by atoms with Crippen LogP contribution in [0.2, 0.25) is 0 Å². The number of hydrogen-bond acceptors (Lipinski definition) is 8. The van der Waals surface area contributed by atoms with E-state index in [1.54, 1.807) is 10.9 Å². The van der Waals surface area contributed by atoms with E-state index in [-0.39, 0.29) is 18.9 Å². The molecule has 2 aromatic rings. The minimum absolute atomic E-state index is 0.0343. The molecule has 0 bridgehead atoms. The third kappa shape index (κ3) is 2.36. The molecule has 2 aromatic heterocycles. The van der Waals surface area contributed by atoms with Gasteiger partial charge >= 0.3 is 7.82 Å². The molecular weight excluding hydrogens is 331 g/mol. The van der Waals surface area contributed by atoms with Crippen LogP contribution in [0.4, 0.5) is 0 Å². The zero-order chi connectivity index (χ0) is 15.3. The third-order valence-electron chi connectivity index (χ3n) is 3.68. The van der Waals surface area contributed by atoms with Crippen molar-refractivity contribution in [2.75, 3.05) is 12.9 Å². The highest BCUT2D eigenvalue weighted by Crippen LogP contribution is 2.52. The van der Waals surface area contributed by atoms with Gasteiger partial charge in [0.15, 0.2) is 5.65 Å². The number of phosphoric acid groups is 1. The maximum Gasteiger partial charge on any atom is 0.472 e. The fourth-order valence-corrected chi connectivity index (χ4v) is 4.14. The number of aromatic nitrogens is 4. The molecule has 22 heavy (non-hydrogen) atoms. The Labute approximate surface area is 129 Å². The van der Waals surface area contributed by atoms with Crippen molar-refractivity contribution in [3.63, 3.8) is 0 Å². The number of nitrogens with zero attached hydrogens (tertiary/aromatic N) is 4. The number of rotatable bonds is 2. The van der Waals surface area contributed by atoms with Gasteiger partial charge in [0.2, 0.25) is 0 Å². The molecule has 2 saturated heterocycles. The maximum atomic E-state index is 11.5. The molecule has 4 heterocycles. The highest BCUT2D eigenvalue weighted by atomic mass is 32.2. The zero-order valence-corrected chi connectivity index (χ0v) is 13.2. The van der Waals surface area contributed by atoms with Crippen LogP contribution in [0.25, 0.3) is 11.2 Å². The van der Waals surface area contributed by atoms with Gasteiger partial charge in [-0.15, -0.1) is 11.8 Å². The molecule has 0 amide bonds. The van der Waals surface area contributed by atoms with E-state index < -0.39 is 13.9 Å². The predicted molar refractivity (Wildman–Crippen MR) is 76.3 cm³/mol. The molecule has 0 spiro atoms. The van der Waals surface area contributed by atoms with E-state index in [0.29, 0.717) is 17.6 Å². The van der Waals surface area contributed by atoms with Crippen LogP contribution in [0.3, 0.4) is 0 Å². The van der Waals surface area contributed by atoms with Crippen LogP contribution in [0, 0.1) is 0 Å². The first-order valence-corrected chi connectivity index (χ1v) is 9.32. The summed E-state index contributed by atoms with van der Waals surface area (Å²) < 4.78 is 29.0. The van der Waals surface area contributed by atoms with Crippen LogP contribution in [-0.4, -0.2) is 49.5 Å². The van der Waals surface area contributed by atoms with Crippen molar-refractivity contribution < 1.29 is 23.2 Å². The van der Waals surface area contributed by atoms with Crippen molar-refractivity contribution >= 4 is 30.7 Å². The number of hydrogen-bond donors (Lipinski definition) is 1. The molecule has 0 aliphatic carbocycles. The molecule has 1 N–H and O–H groups in total. The standard InChI is InChI=1S/C11H13N4O5PS/c1-22-11-9-10(12-4-13-11)15(5-14-9)8-2-6-7(19-8)3-18-21(16,17)20-6/h4-8H,2-3H2,1H3,(H,16,17)/t6-,7+,8+/m0/s1. The Balaban J connectivity index is 1.65. The fourth-order valence-electron chi connectivity index (χ4n) is 2.69. The second-order valence-electron chi connectivity index (χ2n) is 4.98. The lowest BCUT2D eigenvalue weighted by atomic mass is 10.2. The molecule has 4 atom stereocenters. The van der Waals surface area contributed by atoms with E-state index in [1.165, 1.54) is 18.1 Å². The van der Waals surface area contributed by atoms with Crippen molar-refractivity contribution in [3.8, 4) is 0 Å². The van der Waals surface area contributed by atoms with Gasteiger partial charge in [-0.2, -0.15) is 0 Å². The highest BCUT2D eigenvalue weighted by Gasteiger charge is 2.46. The van der Waals surface area contributed by atoms with Gasteiger partial charge < -0.3 is 9.63 Å².